The predicted octanol–water partition coefficient (Wildman–Crippen LogP) is 4.98. The average Bonchev–Trinajstić information content (AvgIpc) is 2.97. The van der Waals surface area contributed by atoms with Crippen molar-refractivity contribution in [2.24, 2.45) is 5.92 Å². The van der Waals surface area contributed by atoms with Crippen LogP contribution in [0.2, 0.25) is 0 Å². The van der Waals surface area contributed by atoms with E-state index in [2.05, 4.69) is 0 Å². The van der Waals surface area contributed by atoms with Crippen LogP contribution in [0, 0.1) is 30.3 Å². The fourth-order valence-corrected chi connectivity index (χ4v) is 3.79. The molecular formula is C22H20F3NO4. The minimum absolute atomic E-state index is 0.0237. The summed E-state index contributed by atoms with van der Waals surface area (Å²) in [5.41, 5.74) is -0.259. The van der Waals surface area contributed by atoms with Gasteiger partial charge in [0.25, 0.3) is 5.91 Å². The number of halogens is 3. The zero-order valence-corrected chi connectivity index (χ0v) is 16.5. The van der Waals surface area contributed by atoms with Crippen LogP contribution >= 0.6 is 0 Å². The Balaban J connectivity index is 2.44. The smallest absolute Gasteiger partial charge is 0.311 e. The lowest BCUT2D eigenvalue weighted by molar-refractivity contribution is -0.140. The maximum atomic E-state index is 15.0. The molecule has 3 aromatic rings. The zero-order valence-electron chi connectivity index (χ0n) is 16.5. The molecule has 0 saturated carbocycles. The van der Waals surface area contributed by atoms with E-state index in [1.165, 1.54) is 19.1 Å². The number of benzene rings is 2. The van der Waals surface area contributed by atoms with Crippen molar-refractivity contribution < 1.29 is 33.0 Å². The molecule has 2 atom stereocenters. The Morgan fingerprint density at radius 1 is 1.17 bits per heavy atom. The topological polar surface area (TPSA) is 79.5 Å². The number of aliphatic carboxylic acids is 1. The molecule has 158 valence electrons. The minimum Gasteiger partial charge on any atom is -0.503 e. The highest BCUT2D eigenvalue weighted by molar-refractivity contribution is 6.05. The summed E-state index contributed by atoms with van der Waals surface area (Å²) in [5, 5.41) is 19.3. The van der Waals surface area contributed by atoms with Gasteiger partial charge in [-0.05, 0) is 36.6 Å². The maximum absolute atomic E-state index is 15.0. The molecular weight excluding hydrogens is 399 g/mol. The molecule has 0 aliphatic carbocycles. The molecule has 0 aliphatic rings. The van der Waals surface area contributed by atoms with Gasteiger partial charge in [0.1, 0.15) is 5.82 Å². The third-order valence-corrected chi connectivity index (χ3v) is 5.47. The quantitative estimate of drug-likeness (QED) is 0.612. The largest absolute Gasteiger partial charge is 0.503 e. The second-order valence-corrected chi connectivity index (χ2v) is 7.27. The number of carboxylic acids is 1. The molecule has 0 spiro atoms. The minimum atomic E-state index is -1.34. The third kappa shape index (κ3) is 3.32. The highest BCUT2D eigenvalue weighted by Crippen LogP contribution is 2.41. The average molecular weight is 419 g/mol. The van der Waals surface area contributed by atoms with Gasteiger partial charge in [-0.15, -0.1) is 0 Å². The monoisotopic (exact) mass is 419 g/mol. The molecule has 0 saturated heterocycles. The van der Waals surface area contributed by atoms with Gasteiger partial charge in [-0.3, -0.25) is 14.2 Å². The molecule has 1 aromatic heterocycles. The molecule has 0 aliphatic heterocycles. The predicted molar refractivity (Wildman–Crippen MR) is 104 cm³/mol. The van der Waals surface area contributed by atoms with Gasteiger partial charge < -0.3 is 10.2 Å². The number of aromatic nitrogens is 1. The van der Waals surface area contributed by atoms with Crippen LogP contribution in [0.1, 0.15) is 47.8 Å². The van der Waals surface area contributed by atoms with E-state index < -0.39 is 46.9 Å². The number of hydrogen-bond donors (Lipinski definition) is 2. The van der Waals surface area contributed by atoms with E-state index in [1.54, 1.807) is 13.8 Å². The lowest BCUT2D eigenvalue weighted by Crippen LogP contribution is -2.21. The summed E-state index contributed by atoms with van der Waals surface area (Å²) in [6, 6.07) is 5.55. The Bertz CT molecular complexity index is 1170. The molecule has 2 N–H and O–H groups in total. The number of phenols is 1. The van der Waals surface area contributed by atoms with Crippen molar-refractivity contribution in [1.29, 1.82) is 0 Å². The summed E-state index contributed by atoms with van der Waals surface area (Å²) < 4.78 is 43.7. The second-order valence-electron chi connectivity index (χ2n) is 7.27. The summed E-state index contributed by atoms with van der Waals surface area (Å²) in [5.74, 6) is -8.25. The molecule has 1 heterocycles. The Labute approximate surface area is 170 Å². The van der Waals surface area contributed by atoms with Crippen molar-refractivity contribution in [3.05, 3.63) is 64.6 Å². The fraction of sp³-hybridized carbons (Fsp3) is 0.273. The van der Waals surface area contributed by atoms with Crippen LogP contribution in [-0.4, -0.2) is 26.7 Å². The maximum Gasteiger partial charge on any atom is 0.311 e. The Morgan fingerprint density at radius 2 is 1.83 bits per heavy atom. The van der Waals surface area contributed by atoms with Gasteiger partial charge in [-0.1, -0.05) is 26.3 Å². The van der Waals surface area contributed by atoms with E-state index >= 15 is 0 Å². The van der Waals surface area contributed by atoms with E-state index in [0.29, 0.717) is 6.42 Å². The first-order valence-corrected chi connectivity index (χ1v) is 9.35. The van der Waals surface area contributed by atoms with Crippen molar-refractivity contribution >= 4 is 22.8 Å². The van der Waals surface area contributed by atoms with Crippen LogP contribution < -0.4 is 0 Å². The summed E-state index contributed by atoms with van der Waals surface area (Å²) in [4.78, 5) is 25.2. The molecule has 5 nitrogen and oxygen atoms in total. The van der Waals surface area contributed by atoms with Crippen LogP contribution in [0.15, 0.2) is 30.3 Å². The van der Waals surface area contributed by atoms with Crippen LogP contribution in [0.25, 0.3) is 10.9 Å². The third-order valence-electron chi connectivity index (χ3n) is 5.47. The molecule has 0 amide bonds. The lowest BCUT2D eigenvalue weighted by Gasteiger charge is -2.20. The van der Waals surface area contributed by atoms with Crippen LogP contribution in [0.4, 0.5) is 13.2 Å². The van der Waals surface area contributed by atoms with E-state index in [0.717, 1.165) is 22.8 Å². The van der Waals surface area contributed by atoms with Gasteiger partial charge in [0, 0.05) is 22.7 Å². The lowest BCUT2D eigenvalue weighted by atomic mass is 9.84. The van der Waals surface area contributed by atoms with Gasteiger partial charge in [-0.25, -0.2) is 13.2 Å². The molecule has 1 unspecified atom stereocenters. The molecule has 30 heavy (non-hydrogen) atoms. The number of carbonyl (C=O) groups is 2. The van der Waals surface area contributed by atoms with E-state index in [1.807, 2.05) is 0 Å². The van der Waals surface area contributed by atoms with Crippen LogP contribution in [0.3, 0.4) is 0 Å². The van der Waals surface area contributed by atoms with E-state index in [4.69, 9.17) is 0 Å². The number of phenolic OH excluding ortho intramolecular Hbond substituents is 1. The normalized spacial score (nSPS) is 13.4. The fourth-order valence-electron chi connectivity index (χ4n) is 3.79. The number of hydrogen-bond acceptors (Lipinski definition) is 3. The number of fused-ring (bicyclic) bond motifs is 1. The summed E-state index contributed by atoms with van der Waals surface area (Å²) >= 11 is 0. The van der Waals surface area contributed by atoms with Crippen molar-refractivity contribution in [2.75, 3.05) is 0 Å². The zero-order chi connectivity index (χ0) is 22.3. The standard InChI is InChI=1S/C22H20F3NO4/c1-4-10(2)16(22(29)30)17-11(3)26(21(28)12-6-5-7-13(23)8-12)15-9-14(24)20(27)19(25)18(15)17/h5-10,16,27H,4H2,1-3H3,(H,29,30)/t10-,16?/m1/s1. The van der Waals surface area contributed by atoms with Gasteiger partial charge >= 0.3 is 5.97 Å². The summed E-state index contributed by atoms with van der Waals surface area (Å²) in [7, 11) is 0. The SMILES string of the molecule is CC[C@@H](C)C(C(=O)O)c1c(C)n(C(=O)c2cccc(F)c2)c2cc(F)c(O)c(F)c12. The van der Waals surface area contributed by atoms with E-state index in [9.17, 15) is 33.0 Å². The van der Waals surface area contributed by atoms with Gasteiger partial charge in [-0.2, -0.15) is 0 Å². The van der Waals surface area contributed by atoms with Gasteiger partial charge in [0.2, 0.25) is 0 Å². The van der Waals surface area contributed by atoms with Crippen LogP contribution in [0.5, 0.6) is 5.75 Å². The Kier molecular flexibility index (Phi) is 5.61. The highest BCUT2D eigenvalue weighted by atomic mass is 19.1. The number of carboxylic acid groups (broad SMARTS) is 1. The Hall–Kier alpha value is -3.29. The molecule has 0 bridgehead atoms. The van der Waals surface area contributed by atoms with Crippen LogP contribution in [-0.2, 0) is 4.79 Å². The first-order valence-electron chi connectivity index (χ1n) is 9.35. The number of rotatable bonds is 5. The molecule has 2 aromatic carbocycles. The van der Waals surface area contributed by atoms with Gasteiger partial charge in [0.05, 0.1) is 11.4 Å². The van der Waals surface area contributed by atoms with Crippen molar-refractivity contribution in [3.8, 4) is 5.75 Å². The van der Waals surface area contributed by atoms with Crippen molar-refractivity contribution in [3.63, 3.8) is 0 Å². The van der Waals surface area contributed by atoms with E-state index in [-0.39, 0.29) is 27.7 Å². The molecule has 0 radical (unpaired) electrons. The Morgan fingerprint density at radius 3 is 2.40 bits per heavy atom. The first kappa shape index (κ1) is 21.4. The molecule has 8 heteroatoms. The summed E-state index contributed by atoms with van der Waals surface area (Å²) in [6.07, 6.45) is 0.440. The second kappa shape index (κ2) is 7.85. The number of carbonyl (C=O) groups excluding carboxylic acids is 1. The summed E-state index contributed by atoms with van der Waals surface area (Å²) in [6.45, 7) is 4.84. The molecule has 3 rings (SSSR count). The number of nitrogens with zero attached hydrogens (tertiary/aromatic N) is 1. The first-order chi connectivity index (χ1) is 14.1. The van der Waals surface area contributed by atoms with Crippen molar-refractivity contribution in [1.82, 2.24) is 4.57 Å². The number of aromatic hydroxyl groups is 1. The molecule has 0 fully saturated rings. The van der Waals surface area contributed by atoms with Gasteiger partial charge in [0.15, 0.2) is 17.4 Å². The highest BCUT2D eigenvalue weighted by Gasteiger charge is 2.35. The van der Waals surface area contributed by atoms with Crippen molar-refractivity contribution in [2.45, 2.75) is 33.1 Å².